The van der Waals surface area contributed by atoms with Crippen molar-refractivity contribution in [3.05, 3.63) is 85.1 Å². The van der Waals surface area contributed by atoms with E-state index in [2.05, 4.69) is 56.4 Å². The molecule has 3 atom stereocenters. The molecule has 1 N–H and O–H groups in total. The van der Waals surface area contributed by atoms with Crippen LogP contribution in [0.1, 0.15) is 136 Å². The Kier molecular flexibility index (Phi) is 35.6. The summed E-state index contributed by atoms with van der Waals surface area (Å²) < 4.78 is 33.7. The van der Waals surface area contributed by atoms with Crippen LogP contribution in [0.4, 0.5) is 0 Å². The topological polar surface area (TPSA) is 131 Å². The lowest BCUT2D eigenvalue weighted by molar-refractivity contribution is -0.870. The number of quaternary nitrogens is 1. The number of ether oxygens (including phenoxy) is 2. The number of phosphoric ester groups is 1. The Morgan fingerprint density at radius 2 is 1.25 bits per heavy atom. The van der Waals surface area contributed by atoms with Crippen LogP contribution in [0.25, 0.3) is 0 Å². The van der Waals surface area contributed by atoms with Crippen LogP contribution in [-0.2, 0) is 32.7 Å². The molecule has 0 aromatic rings. The largest absolute Gasteiger partial charge is 0.756 e. The highest BCUT2D eigenvalue weighted by Gasteiger charge is 2.21. The first-order valence-corrected chi connectivity index (χ1v) is 22.9. The predicted octanol–water partition coefficient (Wildman–Crippen LogP) is 10.4. The van der Waals surface area contributed by atoms with Crippen LogP contribution in [0.5, 0.6) is 0 Å². The van der Waals surface area contributed by atoms with Crippen molar-refractivity contribution in [1.29, 1.82) is 0 Å². The van der Waals surface area contributed by atoms with Gasteiger partial charge in [0.25, 0.3) is 7.82 Å². The minimum absolute atomic E-state index is 0.0582. The van der Waals surface area contributed by atoms with Crippen molar-refractivity contribution in [3.8, 4) is 0 Å². The van der Waals surface area contributed by atoms with E-state index in [1.807, 2.05) is 57.6 Å². The number of phosphoric acid groups is 1. The van der Waals surface area contributed by atoms with Crippen molar-refractivity contribution in [2.75, 3.05) is 47.5 Å². The van der Waals surface area contributed by atoms with Crippen LogP contribution in [-0.4, -0.2) is 81.2 Å². The number of allylic oxidation sites excluding steroid dienone is 12. The predicted molar refractivity (Wildman–Crippen MR) is 232 cm³/mol. The molecule has 0 heterocycles. The number of aliphatic hydroxyl groups excluding tert-OH is 1. The first-order valence-electron chi connectivity index (χ1n) is 21.4. The quantitative estimate of drug-likeness (QED) is 0.0162. The number of aliphatic hydroxyl groups is 1. The van der Waals surface area contributed by atoms with Gasteiger partial charge in [-0.1, -0.05) is 131 Å². The van der Waals surface area contributed by atoms with Gasteiger partial charge in [-0.3, -0.25) is 14.2 Å². The maximum atomic E-state index is 12.7. The second-order valence-corrected chi connectivity index (χ2v) is 16.6. The third-order valence-corrected chi connectivity index (χ3v) is 9.44. The maximum absolute atomic E-state index is 12.7. The molecule has 0 aromatic heterocycles. The highest BCUT2D eigenvalue weighted by atomic mass is 31.2. The Labute approximate surface area is 346 Å². The first kappa shape index (κ1) is 54.2. The van der Waals surface area contributed by atoms with Gasteiger partial charge in [-0.25, -0.2) is 0 Å². The van der Waals surface area contributed by atoms with Gasteiger partial charge in [0.1, 0.15) is 19.8 Å². The van der Waals surface area contributed by atoms with E-state index in [0.717, 1.165) is 64.2 Å². The van der Waals surface area contributed by atoms with Gasteiger partial charge in [-0.2, -0.15) is 0 Å². The Morgan fingerprint density at radius 1 is 0.667 bits per heavy atom. The van der Waals surface area contributed by atoms with Crippen LogP contribution in [0.2, 0.25) is 0 Å². The van der Waals surface area contributed by atoms with Gasteiger partial charge in [0.2, 0.25) is 0 Å². The molecule has 0 bridgehead atoms. The van der Waals surface area contributed by atoms with Crippen molar-refractivity contribution in [2.45, 2.75) is 148 Å². The van der Waals surface area contributed by atoms with Gasteiger partial charge in [-0.05, 0) is 77.0 Å². The molecule has 11 heteroatoms. The van der Waals surface area contributed by atoms with Crippen LogP contribution in [0, 0.1) is 0 Å². The van der Waals surface area contributed by atoms with Crippen molar-refractivity contribution >= 4 is 19.8 Å². The van der Waals surface area contributed by atoms with Crippen LogP contribution < -0.4 is 4.89 Å². The van der Waals surface area contributed by atoms with E-state index in [1.54, 1.807) is 6.08 Å². The lowest BCUT2D eigenvalue weighted by Crippen LogP contribution is -2.37. The third kappa shape index (κ3) is 41.1. The number of carbonyl (C=O) groups is 2. The molecule has 0 aliphatic rings. The number of hydrogen-bond donors (Lipinski definition) is 1. The average Bonchev–Trinajstić information content (AvgIpc) is 3.15. The van der Waals surface area contributed by atoms with E-state index >= 15 is 0 Å². The van der Waals surface area contributed by atoms with E-state index < -0.39 is 38.6 Å². The minimum atomic E-state index is -4.66. The normalized spacial score (nSPS) is 15.0. The monoisotopic (exact) mass is 820 g/mol. The van der Waals surface area contributed by atoms with Gasteiger partial charge in [0.05, 0.1) is 33.9 Å². The fraction of sp³-hybridized carbons (Fsp3) is 0.652. The van der Waals surface area contributed by atoms with Crippen LogP contribution in [0.3, 0.4) is 0 Å². The molecule has 0 spiro atoms. The standard InChI is InChI=1S/C46H78NO9P/c1-6-8-10-12-14-15-16-17-18-19-20-21-25-30-34-38-46(50)56-44(42-55-57(51,52)54-40-39-47(3,4)5)41-53-45(49)37-33-29-26-22-24-28-32-36-43(48)35-31-27-23-13-11-9-7-2/h8,10,14-15,17-18,22-23,26-28,31-32,35,43-44,48H,6-7,9,11-13,16,19-21,24-25,29-30,33-34,36-42H2,1-5H3/b10-8-,15-14-,18-17-,26-22+,27-23-,32-28-,35-31-/t43-,44-/m1/s1. The highest BCUT2D eigenvalue weighted by Crippen LogP contribution is 2.38. The van der Waals surface area contributed by atoms with Crippen LogP contribution >= 0.6 is 7.82 Å². The highest BCUT2D eigenvalue weighted by molar-refractivity contribution is 7.45. The lowest BCUT2D eigenvalue weighted by Gasteiger charge is -2.28. The zero-order valence-corrected chi connectivity index (χ0v) is 37.0. The molecule has 0 saturated heterocycles. The number of nitrogens with zero attached hydrogens (tertiary/aromatic N) is 1. The number of carbonyl (C=O) groups excluding carboxylic acids is 2. The fourth-order valence-corrected chi connectivity index (χ4v) is 5.82. The van der Waals surface area contributed by atoms with Gasteiger partial charge in [-0.15, -0.1) is 0 Å². The summed E-state index contributed by atoms with van der Waals surface area (Å²) in [6.07, 6.45) is 43.5. The lowest BCUT2D eigenvalue weighted by atomic mass is 10.1. The second kappa shape index (κ2) is 37.4. The Hall–Kier alpha value is -2.85. The zero-order chi connectivity index (χ0) is 42.3. The zero-order valence-electron chi connectivity index (χ0n) is 36.1. The van der Waals surface area contributed by atoms with Crippen molar-refractivity contribution in [3.63, 3.8) is 0 Å². The summed E-state index contributed by atoms with van der Waals surface area (Å²) in [6, 6.07) is 0. The molecule has 326 valence electrons. The van der Waals surface area contributed by atoms with Crippen molar-refractivity contribution in [2.24, 2.45) is 0 Å². The number of esters is 2. The smallest absolute Gasteiger partial charge is 0.306 e. The summed E-state index contributed by atoms with van der Waals surface area (Å²) in [4.78, 5) is 37.5. The number of unbranched alkanes of at least 4 members (excludes halogenated alkanes) is 9. The molecular weight excluding hydrogens is 741 g/mol. The SMILES string of the molecule is CC/C=C\C/C=C\C/C=C\CCCCCCCC(=O)O[C@H](COC(=O)CCC/C=C/C/C=C\C[C@H](O)/C=C\C=C/CCCCC)COP(=O)([O-])OCC[N+](C)(C)C. The van der Waals surface area contributed by atoms with Gasteiger partial charge in [0, 0.05) is 12.8 Å². The maximum Gasteiger partial charge on any atom is 0.306 e. The molecule has 0 aliphatic carbocycles. The summed E-state index contributed by atoms with van der Waals surface area (Å²) in [6.45, 7) is 3.88. The van der Waals surface area contributed by atoms with Crippen molar-refractivity contribution < 1.29 is 47.2 Å². The summed E-state index contributed by atoms with van der Waals surface area (Å²) in [5.41, 5.74) is 0. The minimum Gasteiger partial charge on any atom is -0.756 e. The molecule has 0 aromatic carbocycles. The number of hydrogen-bond acceptors (Lipinski definition) is 9. The molecule has 0 fully saturated rings. The molecular formula is C46H78NO9P. The summed E-state index contributed by atoms with van der Waals surface area (Å²) in [5, 5.41) is 10.1. The van der Waals surface area contributed by atoms with Gasteiger partial charge < -0.3 is 33.0 Å². The molecule has 0 radical (unpaired) electrons. The van der Waals surface area contributed by atoms with E-state index in [4.69, 9.17) is 18.5 Å². The molecule has 0 aliphatic heterocycles. The average molecular weight is 820 g/mol. The summed E-state index contributed by atoms with van der Waals surface area (Å²) in [7, 11) is 1.07. The molecule has 0 saturated carbocycles. The van der Waals surface area contributed by atoms with E-state index in [9.17, 15) is 24.2 Å². The van der Waals surface area contributed by atoms with E-state index in [0.29, 0.717) is 36.7 Å². The van der Waals surface area contributed by atoms with Crippen molar-refractivity contribution in [1.82, 2.24) is 0 Å². The Morgan fingerprint density at radius 3 is 1.93 bits per heavy atom. The Bertz CT molecular complexity index is 1260. The molecule has 0 amide bonds. The van der Waals surface area contributed by atoms with Gasteiger partial charge >= 0.3 is 11.9 Å². The molecule has 0 rings (SSSR count). The summed E-state index contributed by atoms with van der Waals surface area (Å²) >= 11 is 0. The third-order valence-electron chi connectivity index (χ3n) is 8.48. The summed E-state index contributed by atoms with van der Waals surface area (Å²) in [5.74, 6) is -0.971. The van der Waals surface area contributed by atoms with E-state index in [-0.39, 0.29) is 26.1 Å². The molecule has 1 unspecified atom stereocenters. The van der Waals surface area contributed by atoms with E-state index in [1.165, 1.54) is 19.3 Å². The molecule has 10 nitrogen and oxygen atoms in total. The van der Waals surface area contributed by atoms with Gasteiger partial charge in [0.15, 0.2) is 6.10 Å². The first-order chi connectivity index (χ1) is 27.4. The fourth-order valence-electron chi connectivity index (χ4n) is 5.09. The molecule has 57 heavy (non-hydrogen) atoms. The Balaban J connectivity index is 4.57. The van der Waals surface area contributed by atoms with Crippen LogP contribution in [0.15, 0.2) is 85.1 Å². The second-order valence-electron chi connectivity index (χ2n) is 15.2. The number of likely N-dealkylation sites (N-methyl/N-ethyl adjacent to an activating group) is 1. The number of rotatable bonds is 37.